The Bertz CT molecular complexity index is 223. The first-order valence-corrected chi connectivity index (χ1v) is 6.60. The van der Waals surface area contributed by atoms with Crippen molar-refractivity contribution in [3.63, 3.8) is 0 Å². The maximum absolute atomic E-state index is 10.9. The van der Waals surface area contributed by atoms with Gasteiger partial charge in [-0.25, -0.2) is 0 Å². The van der Waals surface area contributed by atoms with Crippen LogP contribution in [0.2, 0.25) is 0 Å². The number of nitrogens with one attached hydrogen (secondary N) is 3. The maximum Gasteiger partial charge on any atom is 0.216 e. The van der Waals surface area contributed by atoms with Gasteiger partial charge in [-0.2, -0.15) is 0 Å². The van der Waals surface area contributed by atoms with Gasteiger partial charge >= 0.3 is 0 Å². The van der Waals surface area contributed by atoms with E-state index in [0.29, 0.717) is 11.8 Å². The van der Waals surface area contributed by atoms with E-state index in [1.165, 1.54) is 0 Å². The fourth-order valence-electron chi connectivity index (χ4n) is 2.22. The van der Waals surface area contributed by atoms with Crippen LogP contribution in [0.3, 0.4) is 0 Å². The number of carbonyl (C=O) groups excluding carboxylic acids is 1. The third-order valence-corrected chi connectivity index (χ3v) is 3.31. The van der Waals surface area contributed by atoms with E-state index >= 15 is 0 Å². The minimum Gasteiger partial charge on any atom is -0.356 e. The molecule has 1 aliphatic rings. The quantitative estimate of drug-likeness (QED) is 0.424. The molecule has 5 heteroatoms. The third-order valence-electron chi connectivity index (χ3n) is 3.31. The summed E-state index contributed by atoms with van der Waals surface area (Å²) in [4.78, 5) is 10.9. The highest BCUT2D eigenvalue weighted by Gasteiger charge is 2.26. The number of rotatable bonds is 8. The summed E-state index contributed by atoms with van der Waals surface area (Å²) in [6, 6.07) is 0. The molecule has 1 amide bonds. The molecule has 1 fully saturated rings. The SMILES string of the molecule is CC(=O)NCC1CNCC1CNCCCCN. The number of nitrogens with two attached hydrogens (primary N) is 1. The van der Waals surface area contributed by atoms with Gasteiger partial charge in [0.1, 0.15) is 0 Å². The highest BCUT2D eigenvalue weighted by molar-refractivity contribution is 5.72. The Kier molecular flexibility index (Phi) is 7.16. The molecular weight excluding hydrogens is 216 g/mol. The number of carbonyl (C=O) groups is 1. The predicted molar refractivity (Wildman–Crippen MR) is 69.7 cm³/mol. The summed E-state index contributed by atoms with van der Waals surface area (Å²) in [5.74, 6) is 1.24. The van der Waals surface area contributed by atoms with Crippen LogP contribution in [0.1, 0.15) is 19.8 Å². The van der Waals surface area contributed by atoms with Crippen LogP contribution < -0.4 is 21.7 Å². The van der Waals surface area contributed by atoms with Crippen molar-refractivity contribution in [3.05, 3.63) is 0 Å². The number of unbranched alkanes of at least 4 members (excludes halogenated alkanes) is 1. The van der Waals surface area contributed by atoms with E-state index < -0.39 is 0 Å². The molecule has 2 atom stereocenters. The largest absolute Gasteiger partial charge is 0.356 e. The van der Waals surface area contributed by atoms with E-state index in [4.69, 9.17) is 5.73 Å². The van der Waals surface area contributed by atoms with E-state index in [9.17, 15) is 4.79 Å². The lowest BCUT2D eigenvalue weighted by Crippen LogP contribution is -2.35. The molecular formula is C12H26N4O. The predicted octanol–water partition coefficient (Wildman–Crippen LogP) is -0.713. The monoisotopic (exact) mass is 242 g/mol. The summed E-state index contributed by atoms with van der Waals surface area (Å²) < 4.78 is 0. The summed E-state index contributed by atoms with van der Waals surface area (Å²) in [5.41, 5.74) is 5.44. The van der Waals surface area contributed by atoms with Crippen LogP contribution in [0.4, 0.5) is 0 Å². The Hall–Kier alpha value is -0.650. The summed E-state index contributed by atoms with van der Waals surface area (Å²) in [5, 5.41) is 9.76. The Morgan fingerprint density at radius 3 is 2.65 bits per heavy atom. The molecule has 2 unspecified atom stereocenters. The van der Waals surface area contributed by atoms with Crippen LogP contribution in [0.15, 0.2) is 0 Å². The lowest BCUT2D eigenvalue weighted by atomic mass is 9.96. The first-order chi connectivity index (χ1) is 8.24. The van der Waals surface area contributed by atoms with Crippen molar-refractivity contribution in [3.8, 4) is 0 Å². The van der Waals surface area contributed by atoms with E-state index in [0.717, 1.165) is 52.1 Å². The van der Waals surface area contributed by atoms with Crippen molar-refractivity contribution >= 4 is 5.91 Å². The van der Waals surface area contributed by atoms with Crippen LogP contribution in [-0.2, 0) is 4.79 Å². The van der Waals surface area contributed by atoms with Crippen molar-refractivity contribution in [2.75, 3.05) is 39.3 Å². The average molecular weight is 242 g/mol. The smallest absolute Gasteiger partial charge is 0.216 e. The molecule has 1 aliphatic heterocycles. The van der Waals surface area contributed by atoms with Crippen LogP contribution in [0.5, 0.6) is 0 Å². The van der Waals surface area contributed by atoms with E-state index in [-0.39, 0.29) is 5.91 Å². The van der Waals surface area contributed by atoms with Gasteiger partial charge in [0.05, 0.1) is 0 Å². The van der Waals surface area contributed by atoms with Crippen LogP contribution in [-0.4, -0.2) is 45.2 Å². The third kappa shape index (κ3) is 6.00. The molecule has 100 valence electrons. The van der Waals surface area contributed by atoms with Crippen molar-refractivity contribution in [1.82, 2.24) is 16.0 Å². The van der Waals surface area contributed by atoms with Gasteiger partial charge < -0.3 is 21.7 Å². The number of amides is 1. The van der Waals surface area contributed by atoms with Gasteiger partial charge in [0.2, 0.25) is 5.91 Å². The lowest BCUT2D eigenvalue weighted by molar-refractivity contribution is -0.119. The van der Waals surface area contributed by atoms with Crippen molar-refractivity contribution in [1.29, 1.82) is 0 Å². The Balaban J connectivity index is 2.11. The summed E-state index contributed by atoms with van der Waals surface area (Å²) in [6.45, 7) is 7.27. The standard InChI is InChI=1S/C12H26N4O/c1-10(17)16-9-12-8-15-7-11(12)6-14-5-3-2-4-13/h11-12,14-15H,2-9,13H2,1H3,(H,16,17). The molecule has 0 bridgehead atoms. The summed E-state index contributed by atoms with van der Waals surface area (Å²) in [6.07, 6.45) is 2.23. The van der Waals surface area contributed by atoms with Gasteiger partial charge in [-0.1, -0.05) is 0 Å². The molecule has 0 saturated carbocycles. The highest BCUT2D eigenvalue weighted by atomic mass is 16.1. The normalized spacial score (nSPS) is 23.9. The van der Waals surface area contributed by atoms with Crippen LogP contribution in [0, 0.1) is 11.8 Å². The minimum atomic E-state index is 0.0616. The topological polar surface area (TPSA) is 79.2 Å². The highest BCUT2D eigenvalue weighted by Crippen LogP contribution is 2.14. The zero-order chi connectivity index (χ0) is 12.5. The van der Waals surface area contributed by atoms with Crippen molar-refractivity contribution in [2.45, 2.75) is 19.8 Å². The number of hydrogen-bond donors (Lipinski definition) is 4. The van der Waals surface area contributed by atoms with Crippen molar-refractivity contribution in [2.24, 2.45) is 17.6 Å². The average Bonchev–Trinajstić information content (AvgIpc) is 2.73. The van der Waals surface area contributed by atoms with Gasteiger partial charge in [-0.05, 0) is 50.9 Å². The number of hydrogen-bond acceptors (Lipinski definition) is 4. The molecule has 0 aromatic carbocycles. The van der Waals surface area contributed by atoms with E-state index in [1.54, 1.807) is 6.92 Å². The molecule has 5 nitrogen and oxygen atoms in total. The zero-order valence-electron chi connectivity index (χ0n) is 10.8. The van der Waals surface area contributed by atoms with Gasteiger partial charge in [-0.15, -0.1) is 0 Å². The second-order valence-electron chi connectivity index (χ2n) is 4.82. The fraction of sp³-hybridized carbons (Fsp3) is 0.917. The van der Waals surface area contributed by atoms with Gasteiger partial charge in [0.25, 0.3) is 0 Å². The molecule has 0 spiro atoms. The Morgan fingerprint density at radius 2 is 2.00 bits per heavy atom. The molecule has 0 radical (unpaired) electrons. The minimum absolute atomic E-state index is 0.0616. The Morgan fingerprint density at radius 1 is 1.29 bits per heavy atom. The van der Waals surface area contributed by atoms with Gasteiger partial charge in [-0.3, -0.25) is 4.79 Å². The van der Waals surface area contributed by atoms with Gasteiger partial charge in [0, 0.05) is 20.0 Å². The second-order valence-corrected chi connectivity index (χ2v) is 4.82. The fourth-order valence-corrected chi connectivity index (χ4v) is 2.22. The first-order valence-electron chi connectivity index (χ1n) is 6.60. The second kappa shape index (κ2) is 8.44. The zero-order valence-corrected chi connectivity index (χ0v) is 10.8. The van der Waals surface area contributed by atoms with Gasteiger partial charge in [0.15, 0.2) is 0 Å². The lowest BCUT2D eigenvalue weighted by Gasteiger charge is -2.19. The molecule has 1 heterocycles. The molecule has 17 heavy (non-hydrogen) atoms. The summed E-state index contributed by atoms with van der Waals surface area (Å²) >= 11 is 0. The Labute approximate surface area is 104 Å². The molecule has 1 saturated heterocycles. The molecule has 0 aromatic rings. The molecule has 0 aliphatic carbocycles. The molecule has 0 aromatic heterocycles. The van der Waals surface area contributed by atoms with Crippen LogP contribution in [0.25, 0.3) is 0 Å². The maximum atomic E-state index is 10.9. The molecule has 5 N–H and O–H groups in total. The first kappa shape index (κ1) is 14.4. The molecule has 1 rings (SSSR count). The van der Waals surface area contributed by atoms with Crippen LogP contribution >= 0.6 is 0 Å². The van der Waals surface area contributed by atoms with Crippen molar-refractivity contribution < 1.29 is 4.79 Å². The van der Waals surface area contributed by atoms with E-state index in [2.05, 4.69) is 16.0 Å². The summed E-state index contributed by atoms with van der Waals surface area (Å²) in [7, 11) is 0. The van der Waals surface area contributed by atoms with E-state index in [1.807, 2.05) is 0 Å².